The summed E-state index contributed by atoms with van der Waals surface area (Å²) in [4.78, 5) is 24.9. The summed E-state index contributed by atoms with van der Waals surface area (Å²) >= 11 is 6.17. The summed E-state index contributed by atoms with van der Waals surface area (Å²) in [5.41, 5.74) is 2.57. The van der Waals surface area contributed by atoms with E-state index >= 15 is 0 Å². The molecule has 1 amide bonds. The predicted octanol–water partition coefficient (Wildman–Crippen LogP) is 3.41. The minimum Gasteiger partial charge on any atom is -0.495 e. The molecule has 0 fully saturated rings. The molecule has 1 N–H and O–H groups in total. The largest absolute Gasteiger partial charge is 0.495 e. The van der Waals surface area contributed by atoms with E-state index in [9.17, 15) is 4.79 Å². The molecule has 9 heteroatoms. The number of halogens is 1. The first kappa shape index (κ1) is 17.9. The van der Waals surface area contributed by atoms with Gasteiger partial charge in [-0.2, -0.15) is 4.98 Å². The number of carbonyl (C=O) groups excluding carboxylic acids is 1. The van der Waals surface area contributed by atoms with Crippen molar-refractivity contribution >= 4 is 29.1 Å². The third-order valence-electron chi connectivity index (χ3n) is 4.12. The molecule has 0 unspecified atom stereocenters. The number of benzene rings is 1. The van der Waals surface area contributed by atoms with Crippen LogP contribution in [0, 0.1) is 6.92 Å². The fourth-order valence-corrected chi connectivity index (χ4v) is 2.92. The van der Waals surface area contributed by atoms with E-state index in [-0.39, 0.29) is 5.82 Å². The van der Waals surface area contributed by atoms with Crippen LogP contribution >= 0.6 is 11.6 Å². The standard InChI is InChI=1S/C19H15ClN6O2/c1-11-7-8-21-19-24-17(25-26(11)19)18(27)23-16-6-4-13(10-22-16)12-3-5-15(28-2)14(20)9-12/h3-10H,1-2H3,(H,22,23,27). The Labute approximate surface area is 165 Å². The van der Waals surface area contributed by atoms with E-state index in [1.165, 1.54) is 4.52 Å². The lowest BCUT2D eigenvalue weighted by atomic mass is 10.1. The monoisotopic (exact) mass is 394 g/mol. The van der Waals surface area contributed by atoms with Crippen LogP contribution in [0.2, 0.25) is 5.02 Å². The molecule has 140 valence electrons. The number of hydrogen-bond donors (Lipinski definition) is 1. The first-order valence-electron chi connectivity index (χ1n) is 8.35. The van der Waals surface area contributed by atoms with E-state index in [0.717, 1.165) is 16.8 Å². The number of nitrogens with zero attached hydrogens (tertiary/aromatic N) is 5. The number of anilines is 1. The molecule has 1 aromatic carbocycles. The van der Waals surface area contributed by atoms with Crippen LogP contribution in [0.15, 0.2) is 48.8 Å². The lowest BCUT2D eigenvalue weighted by molar-refractivity contribution is 0.101. The second-order valence-corrected chi connectivity index (χ2v) is 6.38. The van der Waals surface area contributed by atoms with Gasteiger partial charge in [0.15, 0.2) is 0 Å². The maximum Gasteiger partial charge on any atom is 0.296 e. The molecule has 4 rings (SSSR count). The smallest absolute Gasteiger partial charge is 0.296 e. The van der Waals surface area contributed by atoms with Crippen LogP contribution < -0.4 is 10.1 Å². The lowest BCUT2D eigenvalue weighted by Gasteiger charge is -2.07. The third kappa shape index (κ3) is 3.37. The number of carbonyl (C=O) groups is 1. The number of ether oxygens (including phenoxy) is 1. The van der Waals surface area contributed by atoms with Crippen molar-refractivity contribution in [3.8, 4) is 16.9 Å². The number of fused-ring (bicyclic) bond motifs is 1. The van der Waals surface area contributed by atoms with Crippen LogP contribution in [-0.2, 0) is 0 Å². The average Bonchev–Trinajstić information content (AvgIpc) is 3.14. The van der Waals surface area contributed by atoms with Gasteiger partial charge in [-0.25, -0.2) is 14.5 Å². The number of amides is 1. The van der Waals surface area contributed by atoms with E-state index in [1.807, 2.05) is 19.1 Å². The van der Waals surface area contributed by atoms with E-state index in [2.05, 4.69) is 25.4 Å². The predicted molar refractivity (Wildman–Crippen MR) is 105 cm³/mol. The van der Waals surface area contributed by atoms with Crippen LogP contribution in [-0.4, -0.2) is 37.6 Å². The van der Waals surface area contributed by atoms with Crippen molar-refractivity contribution in [3.63, 3.8) is 0 Å². The zero-order valence-electron chi connectivity index (χ0n) is 15.0. The quantitative estimate of drug-likeness (QED) is 0.570. The van der Waals surface area contributed by atoms with Crippen molar-refractivity contribution in [3.05, 3.63) is 65.3 Å². The number of nitrogens with one attached hydrogen (secondary N) is 1. The summed E-state index contributed by atoms with van der Waals surface area (Å²) in [6.45, 7) is 1.86. The summed E-state index contributed by atoms with van der Waals surface area (Å²) in [6, 6.07) is 10.8. The van der Waals surface area contributed by atoms with Gasteiger partial charge in [0.2, 0.25) is 5.82 Å². The number of methoxy groups -OCH3 is 1. The minimum atomic E-state index is -0.461. The second-order valence-electron chi connectivity index (χ2n) is 5.97. The van der Waals surface area contributed by atoms with Crippen molar-refractivity contribution in [1.29, 1.82) is 0 Å². The Kier molecular flexibility index (Phi) is 4.62. The van der Waals surface area contributed by atoms with E-state index in [0.29, 0.717) is 22.4 Å². The van der Waals surface area contributed by atoms with Crippen molar-refractivity contribution in [2.24, 2.45) is 0 Å². The Morgan fingerprint density at radius 2 is 1.96 bits per heavy atom. The molecule has 4 aromatic rings. The van der Waals surface area contributed by atoms with Gasteiger partial charge >= 0.3 is 0 Å². The Bertz CT molecular complexity index is 1170. The Balaban J connectivity index is 1.53. The van der Waals surface area contributed by atoms with Gasteiger partial charge < -0.3 is 10.1 Å². The van der Waals surface area contributed by atoms with Gasteiger partial charge in [-0.1, -0.05) is 17.7 Å². The summed E-state index contributed by atoms with van der Waals surface area (Å²) < 4.78 is 6.67. The molecular formula is C19H15ClN6O2. The first-order valence-corrected chi connectivity index (χ1v) is 8.72. The van der Waals surface area contributed by atoms with Gasteiger partial charge in [0.05, 0.1) is 12.1 Å². The molecule has 28 heavy (non-hydrogen) atoms. The number of hydrogen-bond acceptors (Lipinski definition) is 6. The van der Waals surface area contributed by atoms with Crippen LogP contribution in [0.5, 0.6) is 5.75 Å². The topological polar surface area (TPSA) is 94.3 Å². The molecule has 8 nitrogen and oxygen atoms in total. The first-order chi connectivity index (χ1) is 13.5. The molecule has 3 heterocycles. The molecule has 0 saturated heterocycles. The van der Waals surface area contributed by atoms with Gasteiger partial charge in [-0.05, 0) is 42.8 Å². The Hall–Kier alpha value is -3.52. The van der Waals surface area contributed by atoms with Crippen LogP contribution in [0.1, 0.15) is 16.3 Å². The van der Waals surface area contributed by atoms with E-state index in [4.69, 9.17) is 16.3 Å². The van der Waals surface area contributed by atoms with Crippen LogP contribution in [0.25, 0.3) is 16.9 Å². The molecule has 0 spiro atoms. The minimum absolute atomic E-state index is 0.0228. The van der Waals surface area contributed by atoms with Crippen molar-refractivity contribution < 1.29 is 9.53 Å². The molecule has 0 aliphatic heterocycles. The van der Waals surface area contributed by atoms with Gasteiger partial charge in [-0.15, -0.1) is 5.10 Å². The van der Waals surface area contributed by atoms with Crippen LogP contribution in [0.3, 0.4) is 0 Å². The SMILES string of the molecule is COc1ccc(-c2ccc(NC(=O)c3nc4nccc(C)n4n3)nc2)cc1Cl. The van der Waals surface area contributed by atoms with Gasteiger partial charge in [-0.3, -0.25) is 4.79 Å². The molecule has 0 saturated carbocycles. The molecule has 0 aliphatic rings. The highest BCUT2D eigenvalue weighted by Gasteiger charge is 2.15. The lowest BCUT2D eigenvalue weighted by Crippen LogP contribution is -2.14. The highest BCUT2D eigenvalue weighted by Crippen LogP contribution is 2.30. The maximum absolute atomic E-state index is 12.4. The van der Waals surface area contributed by atoms with Crippen molar-refractivity contribution in [2.75, 3.05) is 12.4 Å². The number of pyridine rings is 1. The van der Waals surface area contributed by atoms with E-state index in [1.54, 1.807) is 43.8 Å². The summed E-state index contributed by atoms with van der Waals surface area (Å²) in [7, 11) is 1.56. The maximum atomic E-state index is 12.4. The van der Waals surface area contributed by atoms with Gasteiger partial charge in [0.25, 0.3) is 11.7 Å². The van der Waals surface area contributed by atoms with Crippen molar-refractivity contribution in [2.45, 2.75) is 6.92 Å². The van der Waals surface area contributed by atoms with Gasteiger partial charge in [0, 0.05) is 23.7 Å². The fraction of sp³-hybridized carbons (Fsp3) is 0.105. The Morgan fingerprint density at radius 3 is 2.64 bits per heavy atom. The highest BCUT2D eigenvalue weighted by molar-refractivity contribution is 6.32. The number of aryl methyl sites for hydroxylation is 1. The fourth-order valence-electron chi connectivity index (χ4n) is 2.66. The summed E-state index contributed by atoms with van der Waals surface area (Å²) in [5.74, 6) is 0.918. The zero-order valence-corrected chi connectivity index (χ0v) is 15.8. The molecule has 3 aromatic heterocycles. The highest BCUT2D eigenvalue weighted by atomic mass is 35.5. The summed E-state index contributed by atoms with van der Waals surface area (Å²) in [6.07, 6.45) is 3.27. The molecule has 0 bridgehead atoms. The Morgan fingerprint density at radius 1 is 1.14 bits per heavy atom. The van der Waals surface area contributed by atoms with E-state index < -0.39 is 5.91 Å². The molecule has 0 atom stereocenters. The van der Waals surface area contributed by atoms with Gasteiger partial charge in [0.1, 0.15) is 11.6 Å². The third-order valence-corrected chi connectivity index (χ3v) is 4.42. The molecular weight excluding hydrogens is 380 g/mol. The van der Waals surface area contributed by atoms with Crippen LogP contribution in [0.4, 0.5) is 5.82 Å². The zero-order chi connectivity index (χ0) is 19.7. The van der Waals surface area contributed by atoms with Crippen molar-refractivity contribution in [1.82, 2.24) is 24.6 Å². The number of aromatic nitrogens is 5. The number of rotatable bonds is 4. The second kappa shape index (κ2) is 7.24. The normalized spacial score (nSPS) is 10.8. The average molecular weight is 395 g/mol. The molecule has 0 radical (unpaired) electrons. The molecule has 0 aliphatic carbocycles. The summed E-state index contributed by atoms with van der Waals surface area (Å²) in [5, 5.41) is 7.37.